The summed E-state index contributed by atoms with van der Waals surface area (Å²) in [5.41, 5.74) is 1.06. The van der Waals surface area contributed by atoms with Gasteiger partial charge in [0.1, 0.15) is 0 Å². The zero-order chi connectivity index (χ0) is 11.3. The average molecular weight is 227 g/mol. The number of anilines is 1. The third-order valence-corrected chi connectivity index (χ3v) is 1.96. The Labute approximate surface area is 92.6 Å². The monoisotopic (exact) mass is 226 g/mol. The van der Waals surface area contributed by atoms with E-state index in [1.807, 2.05) is 0 Å². The molecule has 0 atom stereocenters. The van der Waals surface area contributed by atoms with Crippen molar-refractivity contribution in [3.63, 3.8) is 0 Å². The molecule has 1 aromatic rings. The van der Waals surface area contributed by atoms with Gasteiger partial charge in [0, 0.05) is 18.3 Å². The van der Waals surface area contributed by atoms with Crippen molar-refractivity contribution in [2.45, 2.75) is 6.92 Å². The van der Waals surface area contributed by atoms with Crippen LogP contribution in [0.2, 0.25) is 5.02 Å². The van der Waals surface area contributed by atoms with Crippen LogP contribution < -0.4 is 5.32 Å². The van der Waals surface area contributed by atoms with E-state index in [9.17, 15) is 4.79 Å². The highest BCUT2D eigenvalue weighted by Crippen LogP contribution is 2.12. The zero-order valence-corrected chi connectivity index (χ0v) is 8.95. The number of carboxylic acids is 1. The Balaban J connectivity index is 2.51. The van der Waals surface area contributed by atoms with Gasteiger partial charge in [-0.3, -0.25) is 4.98 Å². The molecule has 0 spiro atoms. The second-order valence-electron chi connectivity index (χ2n) is 2.97. The van der Waals surface area contributed by atoms with E-state index in [-0.39, 0.29) is 0 Å². The summed E-state index contributed by atoms with van der Waals surface area (Å²) in [6.07, 6.45) is 4.74. The summed E-state index contributed by atoms with van der Waals surface area (Å²) in [5, 5.41) is 12.1. The number of carboxylic acid groups (broad SMARTS) is 1. The van der Waals surface area contributed by atoms with E-state index < -0.39 is 5.97 Å². The maximum Gasteiger partial charge on any atom is 0.331 e. The molecule has 0 amide bonds. The Hall–Kier alpha value is -1.55. The first-order valence-corrected chi connectivity index (χ1v) is 4.72. The molecule has 4 nitrogen and oxygen atoms in total. The fourth-order valence-electron chi connectivity index (χ4n) is 0.918. The van der Waals surface area contributed by atoms with E-state index in [0.717, 1.165) is 5.69 Å². The molecule has 0 unspecified atom stereocenters. The summed E-state index contributed by atoms with van der Waals surface area (Å²) >= 11 is 5.72. The third-order valence-electron chi connectivity index (χ3n) is 1.76. The van der Waals surface area contributed by atoms with E-state index in [1.165, 1.54) is 6.20 Å². The molecular weight excluding hydrogens is 216 g/mol. The molecule has 0 saturated heterocycles. The van der Waals surface area contributed by atoms with Crippen LogP contribution in [0, 0.1) is 0 Å². The molecule has 0 aromatic carbocycles. The lowest BCUT2D eigenvalue weighted by Gasteiger charge is -2.02. The fraction of sp³-hybridized carbons (Fsp3) is 0.200. The van der Waals surface area contributed by atoms with Crippen molar-refractivity contribution in [3.05, 3.63) is 35.1 Å². The summed E-state index contributed by atoms with van der Waals surface area (Å²) < 4.78 is 0. The lowest BCUT2D eigenvalue weighted by molar-refractivity contribution is -0.132. The predicted molar refractivity (Wildman–Crippen MR) is 59.1 cm³/mol. The van der Waals surface area contributed by atoms with Crippen LogP contribution in [0.15, 0.2) is 30.1 Å². The third kappa shape index (κ3) is 3.99. The van der Waals surface area contributed by atoms with Gasteiger partial charge in [-0.2, -0.15) is 0 Å². The maximum atomic E-state index is 10.5. The van der Waals surface area contributed by atoms with Crippen LogP contribution in [0.25, 0.3) is 0 Å². The number of pyridine rings is 1. The van der Waals surface area contributed by atoms with Gasteiger partial charge < -0.3 is 10.4 Å². The molecule has 0 saturated carbocycles. The van der Waals surface area contributed by atoms with Crippen LogP contribution in [0.3, 0.4) is 0 Å². The van der Waals surface area contributed by atoms with Crippen LogP contribution in [-0.4, -0.2) is 22.6 Å². The first-order valence-electron chi connectivity index (χ1n) is 4.34. The number of carbonyl (C=O) groups is 1. The molecule has 80 valence electrons. The minimum absolute atomic E-state index is 0.303. The van der Waals surface area contributed by atoms with Gasteiger partial charge in [-0.25, -0.2) is 4.79 Å². The van der Waals surface area contributed by atoms with Gasteiger partial charge >= 0.3 is 5.97 Å². The summed E-state index contributed by atoms with van der Waals surface area (Å²) in [7, 11) is 0. The molecule has 0 bridgehead atoms. The number of hydrogen-bond acceptors (Lipinski definition) is 3. The van der Waals surface area contributed by atoms with Crippen LogP contribution >= 0.6 is 11.6 Å². The second kappa shape index (κ2) is 5.36. The van der Waals surface area contributed by atoms with Crippen LogP contribution in [0.1, 0.15) is 6.92 Å². The fourth-order valence-corrected chi connectivity index (χ4v) is 1.09. The standard InChI is InChI=1S/C10H11ClN2O2/c1-7(10(14)15)2-3-13-9-4-8(11)5-12-6-9/h2,4-6,13H,3H2,1H3,(H,14,15)/b7-2-. The predicted octanol–water partition coefficient (Wildman–Crippen LogP) is 2.18. The molecule has 1 rings (SSSR count). The Kier molecular flexibility index (Phi) is 4.12. The smallest absolute Gasteiger partial charge is 0.331 e. The molecule has 0 radical (unpaired) electrons. The second-order valence-corrected chi connectivity index (χ2v) is 3.40. The van der Waals surface area contributed by atoms with Crippen molar-refractivity contribution in [2.75, 3.05) is 11.9 Å². The molecule has 0 aliphatic heterocycles. The van der Waals surface area contributed by atoms with Gasteiger partial charge in [0.15, 0.2) is 0 Å². The van der Waals surface area contributed by atoms with Gasteiger partial charge in [-0.1, -0.05) is 17.7 Å². The van der Waals surface area contributed by atoms with Crippen molar-refractivity contribution in [2.24, 2.45) is 0 Å². The minimum Gasteiger partial charge on any atom is -0.478 e. The molecule has 5 heteroatoms. The lowest BCUT2D eigenvalue weighted by atomic mass is 10.3. The number of hydrogen-bond donors (Lipinski definition) is 2. The van der Waals surface area contributed by atoms with Gasteiger partial charge in [0.2, 0.25) is 0 Å². The molecule has 0 aliphatic carbocycles. The number of aromatic nitrogens is 1. The number of aliphatic carboxylic acids is 1. The summed E-state index contributed by atoms with van der Waals surface area (Å²) in [6, 6.07) is 1.72. The number of halogens is 1. The van der Waals surface area contributed by atoms with E-state index in [1.54, 1.807) is 25.3 Å². The molecule has 0 fully saturated rings. The summed E-state index contributed by atoms with van der Waals surface area (Å²) in [5.74, 6) is -0.916. The normalized spacial score (nSPS) is 11.2. The van der Waals surface area contributed by atoms with E-state index in [2.05, 4.69) is 10.3 Å². The zero-order valence-electron chi connectivity index (χ0n) is 8.20. The van der Waals surface area contributed by atoms with Crippen molar-refractivity contribution >= 4 is 23.3 Å². The van der Waals surface area contributed by atoms with Gasteiger partial charge in [-0.05, 0) is 13.0 Å². The highest BCUT2D eigenvalue weighted by molar-refractivity contribution is 6.30. The van der Waals surface area contributed by atoms with E-state index in [0.29, 0.717) is 17.1 Å². The summed E-state index contributed by atoms with van der Waals surface area (Å²) in [6.45, 7) is 1.97. The number of nitrogens with one attached hydrogen (secondary N) is 1. The molecule has 1 aromatic heterocycles. The quantitative estimate of drug-likeness (QED) is 0.773. The van der Waals surface area contributed by atoms with Gasteiger partial charge in [-0.15, -0.1) is 0 Å². The first kappa shape index (κ1) is 11.5. The average Bonchev–Trinajstić information content (AvgIpc) is 2.17. The van der Waals surface area contributed by atoms with Gasteiger partial charge in [0.25, 0.3) is 0 Å². The van der Waals surface area contributed by atoms with Crippen molar-refractivity contribution in [3.8, 4) is 0 Å². The van der Waals surface area contributed by atoms with E-state index >= 15 is 0 Å². The number of rotatable bonds is 4. The highest BCUT2D eigenvalue weighted by Gasteiger charge is 1.98. The Morgan fingerprint density at radius 3 is 3.00 bits per heavy atom. The van der Waals surface area contributed by atoms with Crippen LogP contribution in [-0.2, 0) is 4.79 Å². The Morgan fingerprint density at radius 2 is 2.40 bits per heavy atom. The Bertz CT molecular complexity index is 391. The Morgan fingerprint density at radius 1 is 1.67 bits per heavy atom. The largest absolute Gasteiger partial charge is 0.478 e. The van der Waals surface area contributed by atoms with E-state index in [4.69, 9.17) is 16.7 Å². The highest BCUT2D eigenvalue weighted by atomic mass is 35.5. The summed E-state index contributed by atoms with van der Waals surface area (Å²) in [4.78, 5) is 14.4. The number of nitrogens with zero attached hydrogens (tertiary/aromatic N) is 1. The van der Waals surface area contributed by atoms with Crippen LogP contribution in [0.4, 0.5) is 5.69 Å². The SMILES string of the molecule is C/C(=C/CNc1cncc(Cl)c1)C(=O)O. The topological polar surface area (TPSA) is 62.2 Å². The minimum atomic E-state index is -0.916. The molecule has 1 heterocycles. The van der Waals surface area contributed by atoms with Crippen molar-refractivity contribution in [1.82, 2.24) is 4.98 Å². The molecular formula is C10H11ClN2O2. The molecule has 15 heavy (non-hydrogen) atoms. The van der Waals surface area contributed by atoms with Gasteiger partial charge in [0.05, 0.1) is 16.9 Å². The lowest BCUT2D eigenvalue weighted by Crippen LogP contribution is -2.03. The van der Waals surface area contributed by atoms with Crippen molar-refractivity contribution in [1.29, 1.82) is 0 Å². The van der Waals surface area contributed by atoms with Crippen molar-refractivity contribution < 1.29 is 9.90 Å². The maximum absolute atomic E-state index is 10.5. The molecule has 2 N–H and O–H groups in total. The molecule has 0 aliphatic rings. The van der Waals surface area contributed by atoms with Crippen LogP contribution in [0.5, 0.6) is 0 Å². The first-order chi connectivity index (χ1) is 7.09.